The summed E-state index contributed by atoms with van der Waals surface area (Å²) < 4.78 is 0.696. The summed E-state index contributed by atoms with van der Waals surface area (Å²) in [5, 5.41) is 19.3. The summed E-state index contributed by atoms with van der Waals surface area (Å²) in [7, 11) is 0. The lowest BCUT2D eigenvalue weighted by atomic mass is 9.92. The van der Waals surface area contributed by atoms with Gasteiger partial charge < -0.3 is 10.2 Å². The Hall–Kier alpha value is -1.44. The smallest absolute Gasteiger partial charge is 0.354 e. The van der Waals surface area contributed by atoms with Gasteiger partial charge in [0.25, 0.3) is 0 Å². The standard InChI is InChI=1S/C17H17NO4S2/c1-8(19)12-14(20)18-13(16(21)22)17(24-15(12)18)23-11-6-9-4-2-3-5-10(9)7-11/h2-5,8,11-12,15,19H,6-7H2,1H3,(H,21,22)/t8-,12+,15+/m0/s1. The van der Waals surface area contributed by atoms with E-state index in [4.69, 9.17) is 0 Å². The number of aliphatic hydroxyl groups is 1. The summed E-state index contributed by atoms with van der Waals surface area (Å²) in [5.41, 5.74) is 2.72. The lowest BCUT2D eigenvalue weighted by Gasteiger charge is -2.43. The van der Waals surface area contributed by atoms with Gasteiger partial charge in [0.05, 0.1) is 16.3 Å². The number of fused-ring (bicyclic) bond motifs is 2. The molecule has 1 aromatic rings. The number of carbonyl (C=O) groups excluding carboxylic acids is 1. The van der Waals surface area contributed by atoms with Gasteiger partial charge in [-0.25, -0.2) is 4.79 Å². The first-order valence-corrected chi connectivity index (χ1v) is 9.62. The van der Waals surface area contributed by atoms with E-state index >= 15 is 0 Å². The van der Waals surface area contributed by atoms with Crippen LogP contribution in [-0.4, -0.2) is 43.7 Å². The number of amides is 1. The van der Waals surface area contributed by atoms with Gasteiger partial charge in [0.15, 0.2) is 5.70 Å². The summed E-state index contributed by atoms with van der Waals surface area (Å²) in [6, 6.07) is 8.28. The first kappa shape index (κ1) is 16.1. The number of nitrogens with zero attached hydrogens (tertiary/aromatic N) is 1. The van der Waals surface area contributed by atoms with Gasteiger partial charge in [-0.1, -0.05) is 36.0 Å². The fourth-order valence-electron chi connectivity index (χ4n) is 3.59. The van der Waals surface area contributed by atoms with E-state index < -0.39 is 18.0 Å². The van der Waals surface area contributed by atoms with Crippen LogP contribution in [0.2, 0.25) is 0 Å². The van der Waals surface area contributed by atoms with E-state index in [1.165, 1.54) is 27.8 Å². The molecule has 4 rings (SSSR count). The highest BCUT2D eigenvalue weighted by molar-refractivity contribution is 8.23. The number of rotatable bonds is 4. The molecule has 1 fully saturated rings. The van der Waals surface area contributed by atoms with Crippen molar-refractivity contribution in [1.82, 2.24) is 4.90 Å². The van der Waals surface area contributed by atoms with Crippen molar-refractivity contribution in [2.45, 2.75) is 36.5 Å². The second kappa shape index (κ2) is 5.82. The fraction of sp³-hybridized carbons (Fsp3) is 0.412. The molecule has 0 unspecified atom stereocenters. The van der Waals surface area contributed by atoms with Gasteiger partial charge in [0.2, 0.25) is 5.91 Å². The van der Waals surface area contributed by atoms with Crippen molar-refractivity contribution in [2.24, 2.45) is 5.92 Å². The van der Waals surface area contributed by atoms with Gasteiger partial charge >= 0.3 is 5.97 Å². The summed E-state index contributed by atoms with van der Waals surface area (Å²) in [5.74, 6) is -1.87. The Morgan fingerprint density at radius 3 is 2.50 bits per heavy atom. The number of aliphatic carboxylic acids is 1. The number of carboxylic acids is 1. The Labute approximate surface area is 148 Å². The van der Waals surface area contributed by atoms with Gasteiger partial charge in [-0.2, -0.15) is 0 Å². The Kier molecular flexibility index (Phi) is 3.89. The third-order valence-corrected chi connectivity index (χ3v) is 7.56. The van der Waals surface area contributed by atoms with Crippen molar-refractivity contribution >= 4 is 35.4 Å². The zero-order valence-corrected chi connectivity index (χ0v) is 14.6. The highest BCUT2D eigenvalue weighted by Crippen LogP contribution is 2.55. The van der Waals surface area contributed by atoms with Crippen molar-refractivity contribution in [1.29, 1.82) is 0 Å². The minimum atomic E-state index is -1.07. The van der Waals surface area contributed by atoms with Gasteiger partial charge in [-0.15, -0.1) is 11.8 Å². The molecule has 1 saturated heterocycles. The van der Waals surface area contributed by atoms with Crippen LogP contribution in [0.3, 0.4) is 0 Å². The molecule has 1 amide bonds. The van der Waals surface area contributed by atoms with Gasteiger partial charge in [-0.05, 0) is 30.9 Å². The van der Waals surface area contributed by atoms with Crippen LogP contribution in [0.1, 0.15) is 18.1 Å². The average Bonchev–Trinajstić information content (AvgIpc) is 3.05. The van der Waals surface area contributed by atoms with Crippen LogP contribution in [-0.2, 0) is 22.4 Å². The minimum absolute atomic E-state index is 0.0906. The van der Waals surface area contributed by atoms with E-state index in [1.807, 2.05) is 12.1 Å². The number of thioether (sulfide) groups is 2. The molecule has 2 heterocycles. The monoisotopic (exact) mass is 363 g/mol. The van der Waals surface area contributed by atoms with Gasteiger partial charge in [0, 0.05) is 5.25 Å². The quantitative estimate of drug-likeness (QED) is 0.798. The molecule has 0 aromatic heterocycles. The molecule has 1 aromatic carbocycles. The third-order valence-electron chi connectivity index (χ3n) is 4.76. The molecule has 0 saturated carbocycles. The molecule has 0 radical (unpaired) electrons. The van der Waals surface area contributed by atoms with Crippen molar-refractivity contribution in [3.05, 3.63) is 45.3 Å². The summed E-state index contributed by atoms with van der Waals surface area (Å²) in [6.45, 7) is 1.58. The van der Waals surface area contributed by atoms with E-state index in [0.717, 1.165) is 12.8 Å². The highest BCUT2D eigenvalue weighted by atomic mass is 32.2. The predicted octanol–water partition coefficient (Wildman–Crippen LogP) is 2.05. The number of hydrogen-bond donors (Lipinski definition) is 2. The summed E-state index contributed by atoms with van der Waals surface area (Å²) >= 11 is 2.97. The number of benzene rings is 1. The summed E-state index contributed by atoms with van der Waals surface area (Å²) in [4.78, 5) is 25.2. The molecule has 3 atom stereocenters. The number of β-lactam (4-membered cyclic amide) rings is 1. The molecule has 0 bridgehead atoms. The lowest BCUT2D eigenvalue weighted by molar-refractivity contribution is -0.156. The molecule has 7 heteroatoms. The first-order chi connectivity index (χ1) is 11.5. The van der Waals surface area contributed by atoms with Crippen molar-refractivity contribution < 1.29 is 19.8 Å². The highest BCUT2D eigenvalue weighted by Gasteiger charge is 2.58. The normalized spacial score (nSPS) is 27.1. The van der Waals surface area contributed by atoms with Crippen molar-refractivity contribution in [2.75, 3.05) is 0 Å². The average molecular weight is 363 g/mol. The maximum absolute atomic E-state index is 12.2. The molecular weight excluding hydrogens is 346 g/mol. The second-order valence-electron chi connectivity index (χ2n) is 6.34. The van der Waals surface area contributed by atoms with Crippen LogP contribution in [0, 0.1) is 5.92 Å². The molecule has 126 valence electrons. The lowest BCUT2D eigenvalue weighted by Crippen LogP contribution is -2.60. The van der Waals surface area contributed by atoms with Gasteiger partial charge in [0.1, 0.15) is 5.37 Å². The van der Waals surface area contributed by atoms with Crippen LogP contribution >= 0.6 is 23.5 Å². The maximum Gasteiger partial charge on any atom is 0.354 e. The number of hydrogen-bond acceptors (Lipinski definition) is 5. The van der Waals surface area contributed by atoms with Crippen molar-refractivity contribution in [3.8, 4) is 0 Å². The van der Waals surface area contributed by atoms with Crippen LogP contribution in [0.5, 0.6) is 0 Å². The topological polar surface area (TPSA) is 77.8 Å². The maximum atomic E-state index is 12.2. The van der Waals surface area contributed by atoms with E-state index in [0.29, 0.717) is 4.24 Å². The zero-order valence-electron chi connectivity index (χ0n) is 13.0. The predicted molar refractivity (Wildman–Crippen MR) is 93.3 cm³/mol. The van der Waals surface area contributed by atoms with Crippen molar-refractivity contribution in [3.63, 3.8) is 0 Å². The van der Waals surface area contributed by atoms with Gasteiger partial charge in [-0.3, -0.25) is 9.69 Å². The van der Waals surface area contributed by atoms with Crippen LogP contribution < -0.4 is 0 Å². The molecule has 3 aliphatic rings. The van der Waals surface area contributed by atoms with E-state index in [1.54, 1.807) is 18.7 Å². The van der Waals surface area contributed by atoms with E-state index in [-0.39, 0.29) is 22.2 Å². The largest absolute Gasteiger partial charge is 0.477 e. The Balaban J connectivity index is 1.55. The van der Waals surface area contributed by atoms with Crippen LogP contribution in [0.15, 0.2) is 34.2 Å². The van der Waals surface area contributed by atoms with Crippen LogP contribution in [0.25, 0.3) is 0 Å². The second-order valence-corrected chi connectivity index (χ2v) is 9.04. The first-order valence-electron chi connectivity index (χ1n) is 7.86. The SMILES string of the molecule is C[C@H](O)[C@@H]1C(=O)N2C(C(=O)O)=C(SC3Cc4ccccc4C3)S[C@H]12. The molecular formula is C17H17NO4S2. The molecule has 2 N–H and O–H groups in total. The van der Waals surface area contributed by atoms with E-state index in [9.17, 15) is 19.8 Å². The Bertz CT molecular complexity index is 736. The Morgan fingerprint density at radius 2 is 1.96 bits per heavy atom. The minimum Gasteiger partial charge on any atom is -0.477 e. The zero-order chi connectivity index (χ0) is 17.0. The fourth-order valence-corrected chi connectivity index (χ4v) is 6.96. The number of carboxylic acid groups (broad SMARTS) is 1. The molecule has 24 heavy (non-hydrogen) atoms. The molecule has 0 spiro atoms. The molecule has 5 nitrogen and oxygen atoms in total. The number of aliphatic hydroxyl groups excluding tert-OH is 1. The van der Waals surface area contributed by atoms with E-state index in [2.05, 4.69) is 12.1 Å². The molecule has 2 aliphatic heterocycles. The van der Waals surface area contributed by atoms with Crippen LogP contribution in [0.4, 0.5) is 0 Å². The third kappa shape index (κ3) is 2.37. The summed E-state index contributed by atoms with van der Waals surface area (Å²) in [6.07, 6.45) is 1.06. The molecule has 1 aliphatic carbocycles. The number of carbonyl (C=O) groups is 2. The Morgan fingerprint density at radius 1 is 1.33 bits per heavy atom.